The van der Waals surface area contributed by atoms with E-state index in [0.29, 0.717) is 43.9 Å². The number of aromatic amines is 2. The topological polar surface area (TPSA) is 195 Å². The van der Waals surface area contributed by atoms with Gasteiger partial charge in [-0.2, -0.15) is 0 Å². The minimum absolute atomic E-state index is 0.129. The summed E-state index contributed by atoms with van der Waals surface area (Å²) in [7, 11) is 2.49. The summed E-state index contributed by atoms with van der Waals surface area (Å²) in [6, 6.07) is 20.4. The molecule has 9 rings (SSSR count). The maximum Gasteiger partial charge on any atom is 0.411 e. The highest BCUT2D eigenvalue weighted by Gasteiger charge is 2.44. The molecule has 2 aromatic heterocycles. The third-order valence-corrected chi connectivity index (χ3v) is 11.5. The number of fused-ring (bicyclic) bond motifs is 1. The van der Waals surface area contributed by atoms with Gasteiger partial charge < -0.3 is 24.8 Å². The smallest absolute Gasteiger partial charge is 0.411 e. The average molecular weight is 796 g/mol. The molecular formula is C43H41N9O7. The lowest BCUT2D eigenvalue weighted by Gasteiger charge is -2.42. The summed E-state index contributed by atoms with van der Waals surface area (Å²) in [5.74, 6) is 0.335. The van der Waals surface area contributed by atoms with Crippen molar-refractivity contribution in [2.45, 2.75) is 56.7 Å². The van der Waals surface area contributed by atoms with Gasteiger partial charge in [-0.25, -0.2) is 24.6 Å². The van der Waals surface area contributed by atoms with Crippen molar-refractivity contribution in [2.24, 2.45) is 0 Å². The van der Waals surface area contributed by atoms with E-state index >= 15 is 0 Å². The molecule has 4 aliphatic rings. The third-order valence-electron chi connectivity index (χ3n) is 11.5. The van der Waals surface area contributed by atoms with E-state index in [1.165, 1.54) is 24.2 Å². The Morgan fingerprint density at radius 2 is 1.37 bits per heavy atom. The molecule has 3 unspecified atom stereocenters. The SMILES string of the molecule is COC(=O)NC1=CCc2cccc3c2N(C1=O)C(c1ncc(-c2ccc(-c4ccc(-c5cnc(C6CCCN7C(=O)CCC(NC(=O)OC)C(=O)N67)[nH]5)cc4)cc2)[nH]1)C3. The molecule has 4 N–H and O–H groups in total. The van der Waals surface area contributed by atoms with Crippen LogP contribution in [0.5, 0.6) is 0 Å². The van der Waals surface area contributed by atoms with Gasteiger partial charge in [-0.3, -0.25) is 29.6 Å². The van der Waals surface area contributed by atoms with Crippen molar-refractivity contribution in [2.75, 3.05) is 25.7 Å². The predicted molar refractivity (Wildman–Crippen MR) is 214 cm³/mol. The number of allylic oxidation sites excluding steroid dienone is 1. The highest BCUT2D eigenvalue weighted by atomic mass is 16.5. The average Bonchev–Trinajstić information content (AvgIpc) is 4.02. The first-order valence-electron chi connectivity index (χ1n) is 19.5. The van der Waals surface area contributed by atoms with Crippen molar-refractivity contribution in [3.8, 4) is 33.6 Å². The zero-order valence-electron chi connectivity index (χ0n) is 32.4. The number of methoxy groups -OCH3 is 2. The van der Waals surface area contributed by atoms with E-state index < -0.39 is 30.3 Å². The fourth-order valence-corrected chi connectivity index (χ4v) is 8.50. The minimum Gasteiger partial charge on any atom is -0.453 e. The Balaban J connectivity index is 0.899. The van der Waals surface area contributed by atoms with E-state index in [2.05, 4.69) is 25.6 Å². The number of hydrogen-bond acceptors (Lipinski definition) is 9. The van der Waals surface area contributed by atoms with Crippen molar-refractivity contribution in [3.05, 3.63) is 114 Å². The van der Waals surface area contributed by atoms with Crippen LogP contribution in [0.2, 0.25) is 0 Å². The number of alkyl carbamates (subject to hydrolysis) is 2. The van der Waals surface area contributed by atoms with Crippen molar-refractivity contribution < 1.29 is 33.4 Å². The molecule has 3 aromatic carbocycles. The molecule has 5 aromatic rings. The maximum absolute atomic E-state index is 13.8. The molecule has 4 aliphatic heterocycles. The number of amides is 5. The summed E-state index contributed by atoms with van der Waals surface area (Å²) in [6.07, 6.45) is 6.49. The number of carbonyl (C=O) groups is 5. The van der Waals surface area contributed by atoms with Gasteiger partial charge in [0.05, 0.1) is 49.7 Å². The van der Waals surface area contributed by atoms with Crippen LogP contribution in [0.4, 0.5) is 15.3 Å². The lowest BCUT2D eigenvalue weighted by atomic mass is 10.0. The molecule has 0 bridgehead atoms. The summed E-state index contributed by atoms with van der Waals surface area (Å²) in [5.41, 5.74) is 8.49. The fraction of sp³-hybridized carbons (Fsp3) is 0.279. The highest BCUT2D eigenvalue weighted by molar-refractivity contribution is 6.10. The number of imidazole rings is 2. The summed E-state index contributed by atoms with van der Waals surface area (Å²) >= 11 is 0. The van der Waals surface area contributed by atoms with Gasteiger partial charge in [-0.1, -0.05) is 72.8 Å². The first-order chi connectivity index (χ1) is 28.7. The van der Waals surface area contributed by atoms with E-state index in [9.17, 15) is 24.0 Å². The van der Waals surface area contributed by atoms with Crippen molar-refractivity contribution in [3.63, 3.8) is 0 Å². The zero-order valence-corrected chi connectivity index (χ0v) is 32.4. The Kier molecular flexibility index (Phi) is 9.66. The van der Waals surface area contributed by atoms with Crippen LogP contribution in [0, 0.1) is 0 Å². The minimum atomic E-state index is -0.888. The summed E-state index contributed by atoms with van der Waals surface area (Å²) in [5, 5.41) is 8.12. The van der Waals surface area contributed by atoms with Gasteiger partial charge in [0.25, 0.3) is 11.8 Å². The van der Waals surface area contributed by atoms with Crippen LogP contribution >= 0.6 is 0 Å². The molecule has 0 radical (unpaired) electrons. The Morgan fingerprint density at radius 1 is 0.763 bits per heavy atom. The number of aromatic nitrogens is 4. The monoisotopic (exact) mass is 795 g/mol. The zero-order chi connectivity index (χ0) is 40.8. The standard InChI is InChI=1S/C43H41N9O7/c1-58-42(56)48-30-17-16-28-5-3-6-29-21-35(51(37(28)29)40(30)54)39-45-23-33(47-39)27-14-10-25(11-15-27)24-8-12-26(13-9-24)32-22-44-38(46-32)34-7-4-20-50-36(53)19-18-31(41(55)52(34)50)49-43(57)59-2/h3,5-6,8-15,17,22-23,31,34-35H,4,7,16,18-21H2,1-2H3,(H,44,46)(H,45,47)(H,48,56)(H,49,57). The lowest BCUT2D eigenvalue weighted by molar-refractivity contribution is -0.174. The van der Waals surface area contributed by atoms with Crippen LogP contribution in [0.15, 0.2) is 90.9 Å². The molecule has 6 heterocycles. The summed E-state index contributed by atoms with van der Waals surface area (Å²) in [6.45, 7) is 0.417. The van der Waals surface area contributed by atoms with Crippen LogP contribution in [0.3, 0.4) is 0 Å². The van der Waals surface area contributed by atoms with Crippen LogP contribution < -0.4 is 15.5 Å². The molecule has 300 valence electrons. The van der Waals surface area contributed by atoms with Gasteiger partial charge in [-0.05, 0) is 59.1 Å². The van der Waals surface area contributed by atoms with Gasteiger partial charge in [0.15, 0.2) is 0 Å². The third kappa shape index (κ3) is 6.85. The van der Waals surface area contributed by atoms with Gasteiger partial charge in [0, 0.05) is 19.4 Å². The second kappa shape index (κ2) is 15.3. The van der Waals surface area contributed by atoms with E-state index in [1.807, 2.05) is 66.7 Å². The Labute approximate surface area is 338 Å². The molecule has 3 atom stereocenters. The van der Waals surface area contributed by atoms with E-state index in [0.717, 1.165) is 50.5 Å². The first-order valence-corrected chi connectivity index (χ1v) is 19.5. The van der Waals surface area contributed by atoms with E-state index in [4.69, 9.17) is 14.5 Å². The van der Waals surface area contributed by atoms with Gasteiger partial charge in [-0.15, -0.1) is 0 Å². The predicted octanol–water partition coefficient (Wildman–Crippen LogP) is 5.49. The van der Waals surface area contributed by atoms with E-state index in [1.54, 1.807) is 23.4 Å². The number of nitrogens with zero attached hydrogens (tertiary/aromatic N) is 5. The van der Waals surface area contributed by atoms with Gasteiger partial charge in [0.2, 0.25) is 5.91 Å². The molecule has 2 fully saturated rings. The fourth-order valence-electron chi connectivity index (χ4n) is 8.50. The molecule has 59 heavy (non-hydrogen) atoms. The lowest BCUT2D eigenvalue weighted by Crippen LogP contribution is -2.57. The Morgan fingerprint density at radius 3 is 2.02 bits per heavy atom. The maximum atomic E-state index is 13.8. The number of benzene rings is 3. The molecule has 0 aliphatic carbocycles. The Bertz CT molecular complexity index is 2510. The first kappa shape index (κ1) is 37.4. The molecule has 0 saturated carbocycles. The number of ether oxygens (including phenoxy) is 2. The quantitative estimate of drug-likeness (QED) is 0.165. The molecular weight excluding hydrogens is 755 g/mol. The number of para-hydroxylation sites is 1. The number of nitrogens with one attached hydrogen (secondary N) is 4. The van der Waals surface area contributed by atoms with Gasteiger partial charge >= 0.3 is 12.2 Å². The highest BCUT2D eigenvalue weighted by Crippen LogP contribution is 2.44. The van der Waals surface area contributed by atoms with Crippen LogP contribution in [-0.4, -0.2) is 86.7 Å². The largest absolute Gasteiger partial charge is 0.453 e. The van der Waals surface area contributed by atoms with Crippen molar-refractivity contribution in [1.29, 1.82) is 0 Å². The van der Waals surface area contributed by atoms with Crippen LogP contribution in [0.25, 0.3) is 33.6 Å². The Hall–Kier alpha value is -7.23. The van der Waals surface area contributed by atoms with Crippen LogP contribution in [0.1, 0.15) is 60.5 Å². The number of hydrogen-bond donors (Lipinski definition) is 4. The van der Waals surface area contributed by atoms with Crippen molar-refractivity contribution in [1.82, 2.24) is 40.6 Å². The molecule has 5 amide bonds. The molecule has 2 saturated heterocycles. The summed E-state index contributed by atoms with van der Waals surface area (Å²) in [4.78, 5) is 82.6. The second-order valence-electron chi connectivity index (χ2n) is 14.9. The van der Waals surface area contributed by atoms with E-state index in [-0.39, 0.29) is 36.3 Å². The number of hydrazine groups is 1. The normalized spacial score (nSPS) is 20.0. The summed E-state index contributed by atoms with van der Waals surface area (Å²) < 4.78 is 9.48. The number of carbonyl (C=O) groups excluding carboxylic acids is 5. The molecule has 16 nitrogen and oxygen atoms in total. The van der Waals surface area contributed by atoms with Crippen LogP contribution in [-0.2, 0) is 36.7 Å². The molecule has 0 spiro atoms. The number of anilines is 1. The number of H-pyrrole nitrogens is 2. The van der Waals surface area contributed by atoms with Gasteiger partial charge in [0.1, 0.15) is 29.4 Å². The second-order valence-corrected chi connectivity index (χ2v) is 14.9. The number of rotatable bonds is 7. The van der Waals surface area contributed by atoms with Crippen molar-refractivity contribution >= 4 is 35.6 Å². The molecule has 16 heteroatoms.